The van der Waals surface area contributed by atoms with E-state index in [2.05, 4.69) is 16.0 Å². The van der Waals surface area contributed by atoms with Crippen molar-refractivity contribution in [3.63, 3.8) is 0 Å². The highest BCUT2D eigenvalue weighted by Crippen LogP contribution is 2.38. The molecule has 5 rings (SSSR count). The second-order valence-electron chi connectivity index (χ2n) is 10.8. The van der Waals surface area contributed by atoms with Gasteiger partial charge in [-0.2, -0.15) is 0 Å². The van der Waals surface area contributed by atoms with Crippen LogP contribution < -0.4 is 30.2 Å². The SMILES string of the molecule is CCOc1ccccc1/C=C(/NC(=O)c1ccccc1)C(=O)Nc1cccc(SC(C(=O)Nc2cc(OC)ccc2OC)c2ccccc2)c1. The number of rotatable bonds is 14. The molecule has 0 bridgehead atoms. The number of hydrogen-bond donors (Lipinski definition) is 3. The van der Waals surface area contributed by atoms with Crippen molar-refractivity contribution < 1.29 is 28.6 Å². The molecule has 5 aromatic carbocycles. The van der Waals surface area contributed by atoms with Gasteiger partial charge < -0.3 is 30.2 Å². The molecule has 0 radical (unpaired) electrons. The van der Waals surface area contributed by atoms with E-state index in [4.69, 9.17) is 14.2 Å². The van der Waals surface area contributed by atoms with Crippen LogP contribution in [0.5, 0.6) is 17.2 Å². The maximum atomic E-state index is 13.8. The van der Waals surface area contributed by atoms with Crippen molar-refractivity contribution in [1.82, 2.24) is 5.32 Å². The standard InChI is InChI=1S/C40H37N3O6S/c1-4-49-35-21-12-11-18-29(35)24-34(43-38(44)28-16-9-6-10-17-28)39(45)41-30-19-13-20-32(25-30)50-37(27-14-7-5-8-15-27)40(46)42-33-26-31(47-2)22-23-36(33)48-3/h5-26,37H,4H2,1-3H3,(H,41,45)(H,42,46)(H,43,44)/b34-24+. The lowest BCUT2D eigenvalue weighted by Crippen LogP contribution is -2.30. The number of anilines is 2. The molecule has 5 aromatic rings. The lowest BCUT2D eigenvalue weighted by molar-refractivity contribution is -0.116. The maximum absolute atomic E-state index is 13.8. The Balaban J connectivity index is 1.41. The van der Waals surface area contributed by atoms with Gasteiger partial charge in [-0.1, -0.05) is 72.8 Å². The molecule has 9 nitrogen and oxygen atoms in total. The monoisotopic (exact) mass is 687 g/mol. The van der Waals surface area contributed by atoms with Crippen LogP contribution in [-0.2, 0) is 9.59 Å². The minimum atomic E-state index is -0.659. The van der Waals surface area contributed by atoms with Gasteiger partial charge in [-0.15, -0.1) is 11.8 Å². The average Bonchev–Trinajstić information content (AvgIpc) is 3.15. The molecule has 0 aliphatic carbocycles. The van der Waals surface area contributed by atoms with Crippen molar-refractivity contribution in [1.29, 1.82) is 0 Å². The quantitative estimate of drug-likeness (QED) is 0.0801. The third-order valence-corrected chi connectivity index (χ3v) is 8.65. The molecule has 0 aliphatic rings. The largest absolute Gasteiger partial charge is 0.497 e. The van der Waals surface area contributed by atoms with E-state index >= 15 is 0 Å². The molecule has 0 saturated carbocycles. The Morgan fingerprint density at radius 2 is 1.46 bits per heavy atom. The predicted octanol–water partition coefficient (Wildman–Crippen LogP) is 7.98. The number of ether oxygens (including phenoxy) is 3. The number of para-hydroxylation sites is 1. The molecule has 3 N–H and O–H groups in total. The zero-order chi connectivity index (χ0) is 35.3. The maximum Gasteiger partial charge on any atom is 0.272 e. The van der Waals surface area contributed by atoms with E-state index in [9.17, 15) is 14.4 Å². The lowest BCUT2D eigenvalue weighted by Gasteiger charge is -2.19. The highest BCUT2D eigenvalue weighted by Gasteiger charge is 2.24. The van der Waals surface area contributed by atoms with Crippen molar-refractivity contribution in [2.75, 3.05) is 31.5 Å². The molecular weight excluding hydrogens is 651 g/mol. The van der Waals surface area contributed by atoms with Gasteiger partial charge >= 0.3 is 0 Å². The van der Waals surface area contributed by atoms with Crippen molar-refractivity contribution in [3.8, 4) is 17.2 Å². The van der Waals surface area contributed by atoms with Crippen LogP contribution in [0.4, 0.5) is 11.4 Å². The molecule has 50 heavy (non-hydrogen) atoms. The summed E-state index contributed by atoms with van der Waals surface area (Å²) in [6.07, 6.45) is 1.59. The fraction of sp³-hybridized carbons (Fsp3) is 0.125. The van der Waals surface area contributed by atoms with Crippen LogP contribution in [-0.4, -0.2) is 38.5 Å². The topological polar surface area (TPSA) is 115 Å². The fourth-order valence-electron chi connectivity index (χ4n) is 4.98. The summed E-state index contributed by atoms with van der Waals surface area (Å²) < 4.78 is 16.6. The van der Waals surface area contributed by atoms with Gasteiger partial charge in [0.15, 0.2) is 0 Å². The minimum absolute atomic E-state index is 0.0258. The number of nitrogens with one attached hydrogen (secondary N) is 3. The minimum Gasteiger partial charge on any atom is -0.497 e. The van der Waals surface area contributed by atoms with Crippen molar-refractivity contribution in [2.24, 2.45) is 0 Å². The van der Waals surface area contributed by atoms with E-state index in [0.29, 0.717) is 46.4 Å². The smallest absolute Gasteiger partial charge is 0.272 e. The summed E-state index contributed by atoms with van der Waals surface area (Å²) in [6.45, 7) is 2.31. The van der Waals surface area contributed by atoms with Gasteiger partial charge in [0, 0.05) is 27.8 Å². The molecule has 254 valence electrons. The molecule has 1 atom stereocenters. The fourth-order valence-corrected chi connectivity index (χ4v) is 6.06. The first-order chi connectivity index (χ1) is 24.4. The summed E-state index contributed by atoms with van der Waals surface area (Å²) in [7, 11) is 3.09. The van der Waals surface area contributed by atoms with Crippen molar-refractivity contribution in [3.05, 3.63) is 150 Å². The zero-order valence-corrected chi connectivity index (χ0v) is 28.7. The Bertz CT molecular complexity index is 1970. The van der Waals surface area contributed by atoms with E-state index < -0.39 is 17.1 Å². The van der Waals surface area contributed by atoms with E-state index in [0.717, 1.165) is 10.5 Å². The number of hydrogen-bond acceptors (Lipinski definition) is 7. The van der Waals surface area contributed by atoms with E-state index in [-0.39, 0.29) is 11.6 Å². The first-order valence-electron chi connectivity index (χ1n) is 15.8. The van der Waals surface area contributed by atoms with Gasteiger partial charge in [-0.05, 0) is 67.1 Å². The van der Waals surface area contributed by atoms with Crippen LogP contribution in [0.25, 0.3) is 6.08 Å². The van der Waals surface area contributed by atoms with Gasteiger partial charge in [0.05, 0.1) is 26.5 Å². The Morgan fingerprint density at radius 3 is 2.18 bits per heavy atom. The van der Waals surface area contributed by atoms with Gasteiger partial charge in [0.2, 0.25) is 5.91 Å². The van der Waals surface area contributed by atoms with Crippen molar-refractivity contribution >= 4 is 46.9 Å². The third-order valence-electron chi connectivity index (χ3n) is 7.40. The molecule has 0 heterocycles. The number of amides is 3. The van der Waals surface area contributed by atoms with Crippen LogP contribution in [0.1, 0.15) is 33.7 Å². The molecule has 0 saturated heterocycles. The van der Waals surface area contributed by atoms with E-state index in [1.807, 2.05) is 61.5 Å². The highest BCUT2D eigenvalue weighted by atomic mass is 32.2. The molecule has 0 aliphatic heterocycles. The van der Waals surface area contributed by atoms with Crippen LogP contribution in [0, 0.1) is 0 Å². The van der Waals surface area contributed by atoms with Gasteiger partial charge in [0.1, 0.15) is 28.2 Å². The molecule has 1 unspecified atom stereocenters. The lowest BCUT2D eigenvalue weighted by atomic mass is 10.1. The zero-order valence-electron chi connectivity index (χ0n) is 27.8. The summed E-state index contributed by atoms with van der Waals surface area (Å²) >= 11 is 1.32. The van der Waals surface area contributed by atoms with E-state index in [1.54, 1.807) is 86.0 Å². The van der Waals surface area contributed by atoms with Crippen LogP contribution in [0.3, 0.4) is 0 Å². The van der Waals surface area contributed by atoms with Gasteiger partial charge in [-0.25, -0.2) is 0 Å². The second kappa shape index (κ2) is 17.4. The van der Waals surface area contributed by atoms with Crippen LogP contribution in [0.2, 0.25) is 0 Å². The van der Waals surface area contributed by atoms with Gasteiger partial charge in [-0.3, -0.25) is 14.4 Å². The molecule has 3 amide bonds. The molecule has 0 fully saturated rings. The molecule has 0 aromatic heterocycles. The molecule has 0 spiro atoms. The van der Waals surface area contributed by atoms with Crippen molar-refractivity contribution in [2.45, 2.75) is 17.1 Å². The number of thioether (sulfide) groups is 1. The first kappa shape index (κ1) is 35.3. The summed E-state index contributed by atoms with van der Waals surface area (Å²) in [5.41, 5.74) is 2.79. The van der Waals surface area contributed by atoms with Gasteiger partial charge in [0.25, 0.3) is 11.8 Å². The number of methoxy groups -OCH3 is 2. The summed E-state index contributed by atoms with van der Waals surface area (Å²) in [6, 6.07) is 37.7. The molecular formula is C40H37N3O6S. The average molecular weight is 688 g/mol. The predicted molar refractivity (Wildman–Crippen MR) is 198 cm³/mol. The number of carbonyl (C=O) groups excluding carboxylic acids is 3. The Labute approximate surface area is 295 Å². The summed E-state index contributed by atoms with van der Waals surface area (Å²) in [5.74, 6) is 0.393. The number of carbonyl (C=O) groups is 3. The van der Waals surface area contributed by atoms with Crippen LogP contribution in [0.15, 0.2) is 138 Å². The Morgan fingerprint density at radius 1 is 0.740 bits per heavy atom. The van der Waals surface area contributed by atoms with Crippen LogP contribution >= 0.6 is 11.8 Å². The van der Waals surface area contributed by atoms with E-state index in [1.165, 1.54) is 18.9 Å². The Kier molecular flexibility index (Phi) is 12.3. The number of benzene rings is 5. The second-order valence-corrected chi connectivity index (χ2v) is 12.0. The summed E-state index contributed by atoms with van der Waals surface area (Å²) in [5, 5.41) is 8.02. The normalized spacial score (nSPS) is 11.5. The molecule has 10 heteroatoms. The third kappa shape index (κ3) is 9.33. The first-order valence-corrected chi connectivity index (χ1v) is 16.7. The highest BCUT2D eigenvalue weighted by molar-refractivity contribution is 8.00. The summed E-state index contributed by atoms with van der Waals surface area (Å²) in [4.78, 5) is 41.6. The Hall–Kier alpha value is -6.00.